The van der Waals surface area contributed by atoms with Gasteiger partial charge in [0.15, 0.2) is 0 Å². The summed E-state index contributed by atoms with van der Waals surface area (Å²) in [7, 11) is 0. The zero-order chi connectivity index (χ0) is 16.8. The number of piperidine rings is 1. The fraction of sp³-hybridized carbons (Fsp3) is 0.611. The van der Waals surface area contributed by atoms with Crippen molar-refractivity contribution in [2.75, 3.05) is 26.2 Å². The number of β-amino-alcohol motifs (C(OH)–C–C–N with tert-alkyl or cyclic N) is 1. The number of ether oxygens (including phenoxy) is 1. The predicted octanol–water partition coefficient (Wildman–Crippen LogP) is 1.75. The van der Waals surface area contributed by atoms with Crippen molar-refractivity contribution in [2.45, 2.75) is 38.7 Å². The molecule has 0 radical (unpaired) electrons. The molecule has 0 aromatic heterocycles. The van der Waals surface area contributed by atoms with Crippen molar-refractivity contribution in [1.82, 2.24) is 4.90 Å². The summed E-state index contributed by atoms with van der Waals surface area (Å²) >= 11 is 0. The van der Waals surface area contributed by atoms with Crippen LogP contribution in [0.4, 0.5) is 0 Å². The van der Waals surface area contributed by atoms with E-state index in [2.05, 4.69) is 24.8 Å². The monoisotopic (exact) mass is 320 g/mol. The maximum Gasteiger partial charge on any atom is 0.221 e. The van der Waals surface area contributed by atoms with Crippen LogP contribution in [0.15, 0.2) is 24.3 Å². The van der Waals surface area contributed by atoms with Gasteiger partial charge in [0.1, 0.15) is 18.5 Å². The summed E-state index contributed by atoms with van der Waals surface area (Å²) in [5.41, 5.74) is 6.53. The van der Waals surface area contributed by atoms with Crippen LogP contribution in [0.25, 0.3) is 0 Å². The van der Waals surface area contributed by atoms with E-state index in [1.807, 2.05) is 18.2 Å². The van der Waals surface area contributed by atoms with Gasteiger partial charge in [-0.15, -0.1) is 0 Å². The molecule has 128 valence electrons. The van der Waals surface area contributed by atoms with E-state index < -0.39 is 6.10 Å². The van der Waals surface area contributed by atoms with Gasteiger partial charge in [0, 0.05) is 13.1 Å². The number of aliphatic hydroxyl groups is 1. The quantitative estimate of drug-likeness (QED) is 0.802. The first-order valence-electron chi connectivity index (χ1n) is 8.38. The number of aliphatic hydroxyl groups excluding tert-OH is 1. The third-order valence-corrected chi connectivity index (χ3v) is 4.35. The number of primary amides is 1. The molecule has 0 spiro atoms. The van der Waals surface area contributed by atoms with E-state index in [-0.39, 0.29) is 18.4 Å². The van der Waals surface area contributed by atoms with Crippen molar-refractivity contribution >= 4 is 5.91 Å². The van der Waals surface area contributed by atoms with E-state index in [9.17, 15) is 9.90 Å². The molecular weight excluding hydrogens is 292 g/mol. The van der Waals surface area contributed by atoms with Crippen molar-refractivity contribution in [3.8, 4) is 5.75 Å². The van der Waals surface area contributed by atoms with E-state index in [1.165, 1.54) is 0 Å². The molecule has 2 atom stereocenters. The van der Waals surface area contributed by atoms with Crippen LogP contribution in [-0.2, 0) is 4.79 Å². The molecule has 1 aliphatic heterocycles. The van der Waals surface area contributed by atoms with Gasteiger partial charge >= 0.3 is 0 Å². The highest BCUT2D eigenvalue weighted by Gasteiger charge is 2.25. The van der Waals surface area contributed by atoms with Gasteiger partial charge in [0.2, 0.25) is 5.91 Å². The molecule has 3 N–H and O–H groups in total. The molecule has 2 rings (SSSR count). The fourth-order valence-corrected chi connectivity index (χ4v) is 3.08. The number of benzene rings is 1. The van der Waals surface area contributed by atoms with Gasteiger partial charge in [-0.05, 0) is 36.9 Å². The SMILES string of the molecule is CC(C)c1ccccc1OCC(O)CN1CCCC(C(N)=O)C1. The van der Waals surface area contributed by atoms with Crippen LogP contribution in [0, 0.1) is 5.92 Å². The van der Waals surface area contributed by atoms with E-state index in [1.54, 1.807) is 0 Å². The first kappa shape index (κ1) is 17.8. The highest BCUT2D eigenvalue weighted by atomic mass is 16.5. The van der Waals surface area contributed by atoms with Crippen LogP contribution in [-0.4, -0.2) is 48.3 Å². The molecule has 0 saturated carbocycles. The van der Waals surface area contributed by atoms with Crippen LogP contribution < -0.4 is 10.5 Å². The summed E-state index contributed by atoms with van der Waals surface area (Å²) in [6, 6.07) is 7.92. The Morgan fingerprint density at radius 3 is 2.87 bits per heavy atom. The molecule has 1 aliphatic rings. The third kappa shape index (κ3) is 5.22. The number of hydrogen-bond donors (Lipinski definition) is 2. The minimum atomic E-state index is -0.582. The minimum Gasteiger partial charge on any atom is -0.491 e. The summed E-state index contributed by atoms with van der Waals surface area (Å²) in [5, 5.41) is 10.2. The Morgan fingerprint density at radius 2 is 2.17 bits per heavy atom. The lowest BCUT2D eigenvalue weighted by molar-refractivity contribution is -0.123. The molecule has 23 heavy (non-hydrogen) atoms. The predicted molar refractivity (Wildman–Crippen MR) is 90.4 cm³/mol. The Labute approximate surface area is 138 Å². The Morgan fingerprint density at radius 1 is 1.43 bits per heavy atom. The number of carbonyl (C=O) groups excluding carboxylic acids is 1. The number of nitrogens with zero attached hydrogens (tertiary/aromatic N) is 1. The molecule has 1 heterocycles. The first-order valence-corrected chi connectivity index (χ1v) is 8.38. The van der Waals surface area contributed by atoms with Gasteiger partial charge in [0.05, 0.1) is 5.92 Å². The number of hydrogen-bond acceptors (Lipinski definition) is 4. The molecule has 1 aromatic rings. The van der Waals surface area contributed by atoms with Gasteiger partial charge in [-0.25, -0.2) is 0 Å². The van der Waals surface area contributed by atoms with Gasteiger partial charge in [0.25, 0.3) is 0 Å². The van der Waals surface area contributed by atoms with Gasteiger partial charge < -0.3 is 15.6 Å². The number of amides is 1. The zero-order valence-corrected chi connectivity index (χ0v) is 14.1. The Bertz CT molecular complexity index is 519. The standard InChI is InChI=1S/C18H28N2O3/c1-13(2)16-7-3-4-8-17(16)23-12-15(21)11-20-9-5-6-14(10-20)18(19)22/h3-4,7-8,13-15,21H,5-6,9-12H2,1-2H3,(H2,19,22). The average Bonchev–Trinajstić information content (AvgIpc) is 2.53. The normalized spacial score (nSPS) is 20.4. The largest absolute Gasteiger partial charge is 0.491 e. The topological polar surface area (TPSA) is 75.8 Å². The van der Waals surface area contributed by atoms with Crippen LogP contribution in [0.2, 0.25) is 0 Å². The molecule has 5 nitrogen and oxygen atoms in total. The maximum atomic E-state index is 11.3. The van der Waals surface area contributed by atoms with Crippen LogP contribution in [0.5, 0.6) is 5.75 Å². The molecule has 0 aliphatic carbocycles. The second kappa shape index (κ2) is 8.31. The van der Waals surface area contributed by atoms with Crippen molar-refractivity contribution in [3.05, 3.63) is 29.8 Å². The van der Waals surface area contributed by atoms with Gasteiger partial charge in [-0.3, -0.25) is 9.69 Å². The molecular formula is C18H28N2O3. The van der Waals surface area contributed by atoms with Crippen LogP contribution in [0.1, 0.15) is 38.2 Å². The first-order chi connectivity index (χ1) is 11.0. The van der Waals surface area contributed by atoms with E-state index in [4.69, 9.17) is 10.5 Å². The number of nitrogens with two attached hydrogens (primary N) is 1. The number of para-hydroxylation sites is 1. The summed E-state index contributed by atoms with van der Waals surface area (Å²) in [5.74, 6) is 0.863. The molecule has 0 bridgehead atoms. The van der Waals surface area contributed by atoms with Gasteiger partial charge in [-0.1, -0.05) is 32.0 Å². The minimum absolute atomic E-state index is 0.0986. The van der Waals surface area contributed by atoms with Crippen molar-refractivity contribution in [2.24, 2.45) is 11.7 Å². The lowest BCUT2D eigenvalue weighted by Gasteiger charge is -2.32. The number of rotatable bonds is 7. The van der Waals surface area contributed by atoms with Crippen molar-refractivity contribution in [1.29, 1.82) is 0 Å². The Balaban J connectivity index is 1.83. The second-order valence-corrected chi connectivity index (χ2v) is 6.66. The third-order valence-electron chi connectivity index (χ3n) is 4.35. The summed E-state index contributed by atoms with van der Waals surface area (Å²) < 4.78 is 5.81. The molecule has 2 unspecified atom stereocenters. The fourth-order valence-electron chi connectivity index (χ4n) is 3.08. The molecule has 1 saturated heterocycles. The number of likely N-dealkylation sites (tertiary alicyclic amines) is 1. The highest BCUT2D eigenvalue weighted by molar-refractivity contribution is 5.76. The lowest BCUT2D eigenvalue weighted by Crippen LogP contribution is -2.45. The summed E-state index contributed by atoms with van der Waals surface area (Å²) in [6.07, 6.45) is 1.21. The van der Waals surface area contributed by atoms with Crippen LogP contribution >= 0.6 is 0 Å². The van der Waals surface area contributed by atoms with E-state index in [0.717, 1.165) is 30.7 Å². The Hall–Kier alpha value is -1.59. The molecule has 1 aromatic carbocycles. The van der Waals surface area contributed by atoms with Crippen LogP contribution in [0.3, 0.4) is 0 Å². The second-order valence-electron chi connectivity index (χ2n) is 6.66. The highest BCUT2D eigenvalue weighted by Crippen LogP contribution is 2.26. The molecule has 5 heteroatoms. The summed E-state index contributed by atoms with van der Waals surface area (Å²) in [4.78, 5) is 13.4. The van der Waals surface area contributed by atoms with Crippen molar-refractivity contribution in [3.63, 3.8) is 0 Å². The Kier molecular flexibility index (Phi) is 6.42. The van der Waals surface area contributed by atoms with Gasteiger partial charge in [-0.2, -0.15) is 0 Å². The summed E-state index contributed by atoms with van der Waals surface area (Å²) in [6.45, 7) is 6.53. The van der Waals surface area contributed by atoms with E-state index >= 15 is 0 Å². The average molecular weight is 320 g/mol. The smallest absolute Gasteiger partial charge is 0.221 e. The van der Waals surface area contributed by atoms with Crippen molar-refractivity contribution < 1.29 is 14.6 Å². The zero-order valence-electron chi connectivity index (χ0n) is 14.1. The lowest BCUT2D eigenvalue weighted by atomic mass is 9.97. The maximum absolute atomic E-state index is 11.3. The number of carbonyl (C=O) groups is 1. The molecule has 1 fully saturated rings. The molecule has 1 amide bonds. The van der Waals surface area contributed by atoms with E-state index in [0.29, 0.717) is 19.0 Å².